The molecular weight excluding hydrogens is 248 g/mol. The van der Waals surface area contributed by atoms with E-state index < -0.39 is 0 Å². The first-order valence-electron chi connectivity index (χ1n) is 6.96. The normalized spacial score (nSPS) is 20.4. The van der Waals surface area contributed by atoms with Crippen LogP contribution in [-0.4, -0.2) is 18.6 Å². The van der Waals surface area contributed by atoms with Gasteiger partial charge in [-0.1, -0.05) is 48.5 Å². The fourth-order valence-corrected chi connectivity index (χ4v) is 2.44. The summed E-state index contributed by atoms with van der Waals surface area (Å²) in [5.41, 5.74) is 2.07. The second-order valence-corrected chi connectivity index (χ2v) is 5.11. The number of hydrogen-bond acceptors (Lipinski definition) is 2. The summed E-state index contributed by atoms with van der Waals surface area (Å²) >= 11 is 0. The second kappa shape index (κ2) is 5.88. The van der Waals surface area contributed by atoms with Gasteiger partial charge in [-0.3, -0.25) is 10.1 Å². The maximum Gasteiger partial charge on any atom is 0.252 e. The molecule has 0 heterocycles. The number of rotatable bonds is 5. The van der Waals surface area contributed by atoms with E-state index in [4.69, 9.17) is 0 Å². The van der Waals surface area contributed by atoms with Gasteiger partial charge in [-0.15, -0.1) is 0 Å². The molecule has 1 fully saturated rings. The van der Waals surface area contributed by atoms with Crippen molar-refractivity contribution in [1.82, 2.24) is 10.6 Å². The van der Waals surface area contributed by atoms with Gasteiger partial charge in [-0.05, 0) is 24.1 Å². The van der Waals surface area contributed by atoms with Crippen LogP contribution in [0, 0.1) is 0 Å². The summed E-state index contributed by atoms with van der Waals surface area (Å²) in [7, 11) is 0. The second-order valence-electron chi connectivity index (χ2n) is 5.11. The number of benzene rings is 2. The zero-order valence-corrected chi connectivity index (χ0v) is 11.3. The van der Waals surface area contributed by atoms with Crippen molar-refractivity contribution in [3.05, 3.63) is 71.8 Å². The molecule has 2 aromatic carbocycles. The fraction of sp³-hybridized carbons (Fsp3) is 0.235. The third-order valence-corrected chi connectivity index (χ3v) is 3.67. The summed E-state index contributed by atoms with van der Waals surface area (Å²) in [6.45, 7) is 0.516. The molecular formula is C17H18N2O. The lowest BCUT2D eigenvalue weighted by Gasteiger charge is -2.07. The molecule has 0 aliphatic heterocycles. The molecule has 0 bridgehead atoms. The Hall–Kier alpha value is -2.13. The van der Waals surface area contributed by atoms with Crippen LogP contribution in [0.25, 0.3) is 0 Å². The van der Waals surface area contributed by atoms with Gasteiger partial charge in [0.2, 0.25) is 0 Å². The minimum Gasteiger partial charge on any atom is -0.339 e. The van der Waals surface area contributed by atoms with Crippen molar-refractivity contribution in [2.24, 2.45) is 0 Å². The molecule has 1 amide bonds. The zero-order chi connectivity index (χ0) is 13.8. The molecule has 3 nitrogen and oxygen atoms in total. The Labute approximate surface area is 119 Å². The monoisotopic (exact) mass is 266 g/mol. The number of nitrogens with one attached hydrogen (secondary N) is 2. The maximum atomic E-state index is 11.8. The summed E-state index contributed by atoms with van der Waals surface area (Å²) in [4.78, 5) is 11.8. The fourth-order valence-electron chi connectivity index (χ4n) is 2.44. The van der Waals surface area contributed by atoms with E-state index in [0.717, 1.165) is 6.42 Å². The minimum atomic E-state index is -0.0324. The molecule has 2 N–H and O–H groups in total. The Morgan fingerprint density at radius 3 is 2.35 bits per heavy atom. The lowest BCUT2D eigenvalue weighted by atomic mass is 10.1. The van der Waals surface area contributed by atoms with Crippen molar-refractivity contribution in [3.63, 3.8) is 0 Å². The quantitative estimate of drug-likeness (QED) is 0.816. The molecule has 1 saturated carbocycles. The lowest BCUT2D eigenvalue weighted by Crippen LogP contribution is -2.35. The summed E-state index contributed by atoms with van der Waals surface area (Å²) in [5, 5.41) is 6.27. The SMILES string of the molecule is O=C(NCNC1CC1c1ccccc1)c1ccccc1. The highest BCUT2D eigenvalue weighted by molar-refractivity contribution is 5.94. The van der Waals surface area contributed by atoms with Gasteiger partial charge in [-0.25, -0.2) is 0 Å². The molecule has 102 valence electrons. The topological polar surface area (TPSA) is 41.1 Å². The van der Waals surface area contributed by atoms with E-state index in [1.807, 2.05) is 36.4 Å². The van der Waals surface area contributed by atoms with E-state index in [0.29, 0.717) is 24.2 Å². The first-order valence-corrected chi connectivity index (χ1v) is 6.96. The van der Waals surface area contributed by atoms with Crippen molar-refractivity contribution in [3.8, 4) is 0 Å². The van der Waals surface area contributed by atoms with Crippen LogP contribution < -0.4 is 10.6 Å². The van der Waals surface area contributed by atoms with Crippen molar-refractivity contribution in [2.45, 2.75) is 18.4 Å². The molecule has 1 aliphatic rings. The first kappa shape index (κ1) is 12.9. The molecule has 0 saturated heterocycles. The van der Waals surface area contributed by atoms with Crippen LogP contribution in [0.15, 0.2) is 60.7 Å². The predicted molar refractivity (Wildman–Crippen MR) is 79.5 cm³/mol. The van der Waals surface area contributed by atoms with E-state index in [1.54, 1.807) is 0 Å². The third-order valence-electron chi connectivity index (χ3n) is 3.67. The lowest BCUT2D eigenvalue weighted by molar-refractivity contribution is 0.0950. The van der Waals surface area contributed by atoms with Gasteiger partial charge in [-0.2, -0.15) is 0 Å². The largest absolute Gasteiger partial charge is 0.339 e. The van der Waals surface area contributed by atoms with Gasteiger partial charge in [0.25, 0.3) is 5.91 Å². The Morgan fingerprint density at radius 2 is 1.65 bits per heavy atom. The van der Waals surface area contributed by atoms with Gasteiger partial charge in [0.15, 0.2) is 0 Å². The van der Waals surface area contributed by atoms with Crippen LogP contribution in [0.1, 0.15) is 28.3 Å². The average molecular weight is 266 g/mol. The average Bonchev–Trinajstić information content (AvgIpc) is 3.28. The van der Waals surface area contributed by atoms with Crippen molar-refractivity contribution in [2.75, 3.05) is 6.67 Å². The smallest absolute Gasteiger partial charge is 0.252 e. The zero-order valence-electron chi connectivity index (χ0n) is 11.3. The Balaban J connectivity index is 1.43. The molecule has 2 unspecified atom stereocenters. The molecule has 3 heteroatoms. The summed E-state index contributed by atoms with van der Waals surface area (Å²) in [6.07, 6.45) is 1.14. The van der Waals surface area contributed by atoms with Crippen LogP contribution >= 0.6 is 0 Å². The van der Waals surface area contributed by atoms with Gasteiger partial charge in [0.05, 0.1) is 6.67 Å². The van der Waals surface area contributed by atoms with Gasteiger partial charge in [0.1, 0.15) is 0 Å². The van der Waals surface area contributed by atoms with E-state index in [9.17, 15) is 4.79 Å². The molecule has 0 radical (unpaired) electrons. The van der Waals surface area contributed by atoms with Crippen molar-refractivity contribution < 1.29 is 4.79 Å². The van der Waals surface area contributed by atoms with Crippen LogP contribution in [-0.2, 0) is 0 Å². The number of carbonyl (C=O) groups excluding carboxylic acids is 1. The van der Waals surface area contributed by atoms with Crippen LogP contribution in [0.2, 0.25) is 0 Å². The van der Waals surface area contributed by atoms with Crippen LogP contribution in [0.5, 0.6) is 0 Å². The van der Waals surface area contributed by atoms with E-state index in [2.05, 4.69) is 34.9 Å². The van der Waals surface area contributed by atoms with E-state index in [-0.39, 0.29) is 5.91 Å². The van der Waals surface area contributed by atoms with Gasteiger partial charge in [0, 0.05) is 17.5 Å². The summed E-state index contributed by atoms with van der Waals surface area (Å²) in [6, 6.07) is 20.3. The molecule has 2 aromatic rings. The van der Waals surface area contributed by atoms with Crippen molar-refractivity contribution in [1.29, 1.82) is 0 Å². The third kappa shape index (κ3) is 3.06. The minimum absolute atomic E-state index is 0.0324. The number of amides is 1. The van der Waals surface area contributed by atoms with Gasteiger partial charge < -0.3 is 5.32 Å². The summed E-state index contributed by atoms with van der Waals surface area (Å²) < 4.78 is 0. The number of carbonyl (C=O) groups is 1. The highest BCUT2D eigenvalue weighted by Gasteiger charge is 2.37. The number of hydrogen-bond donors (Lipinski definition) is 2. The molecule has 3 rings (SSSR count). The first-order chi connectivity index (χ1) is 9.84. The van der Waals surface area contributed by atoms with Gasteiger partial charge >= 0.3 is 0 Å². The standard InChI is InChI=1S/C17H18N2O/c20-17(14-9-5-2-6-10-14)19-12-18-16-11-15(16)13-7-3-1-4-8-13/h1-10,15-16,18H,11-12H2,(H,19,20). The van der Waals surface area contributed by atoms with E-state index >= 15 is 0 Å². The molecule has 0 spiro atoms. The summed E-state index contributed by atoms with van der Waals surface area (Å²) in [5.74, 6) is 0.555. The molecule has 2 atom stereocenters. The highest BCUT2D eigenvalue weighted by Crippen LogP contribution is 2.40. The van der Waals surface area contributed by atoms with E-state index in [1.165, 1.54) is 5.56 Å². The Bertz CT molecular complexity index is 568. The Morgan fingerprint density at radius 1 is 1.00 bits per heavy atom. The Kier molecular flexibility index (Phi) is 3.79. The van der Waals surface area contributed by atoms with Crippen molar-refractivity contribution >= 4 is 5.91 Å². The highest BCUT2D eigenvalue weighted by atomic mass is 16.1. The van der Waals surface area contributed by atoms with Crippen LogP contribution in [0.3, 0.4) is 0 Å². The molecule has 1 aliphatic carbocycles. The molecule has 0 aromatic heterocycles. The van der Waals surface area contributed by atoms with Crippen LogP contribution in [0.4, 0.5) is 0 Å². The molecule has 20 heavy (non-hydrogen) atoms. The predicted octanol–water partition coefficient (Wildman–Crippen LogP) is 2.52. The maximum absolute atomic E-state index is 11.8.